The van der Waals surface area contributed by atoms with Crippen LogP contribution in [0.4, 0.5) is 0 Å². The molecule has 0 aromatic rings. The van der Waals surface area contributed by atoms with E-state index in [0.29, 0.717) is 6.10 Å². The van der Waals surface area contributed by atoms with Crippen molar-refractivity contribution >= 4 is 5.97 Å². The third kappa shape index (κ3) is 5.53. The minimum atomic E-state index is -0.703. The number of unbranched alkanes of at least 4 members (excludes halogenated alkanes) is 1. The number of ether oxygens (including phenoxy) is 1. The van der Waals surface area contributed by atoms with Crippen LogP contribution in [0.3, 0.4) is 0 Å². The van der Waals surface area contributed by atoms with E-state index in [1.54, 1.807) is 13.8 Å². The molecule has 1 rings (SSSR count). The van der Waals surface area contributed by atoms with Gasteiger partial charge in [0.15, 0.2) is 0 Å². The summed E-state index contributed by atoms with van der Waals surface area (Å²) in [5, 5.41) is 8.97. The van der Waals surface area contributed by atoms with Crippen molar-refractivity contribution < 1.29 is 14.6 Å². The van der Waals surface area contributed by atoms with Gasteiger partial charge in [-0.15, -0.1) is 0 Å². The maximum atomic E-state index is 10.9. The molecule has 0 aromatic carbocycles. The minimum Gasteiger partial charge on any atom is -0.481 e. The summed E-state index contributed by atoms with van der Waals surface area (Å²) in [5.41, 5.74) is -0.592. The van der Waals surface area contributed by atoms with Gasteiger partial charge in [-0.25, -0.2) is 0 Å². The van der Waals surface area contributed by atoms with E-state index in [2.05, 4.69) is 0 Å². The van der Waals surface area contributed by atoms with Crippen molar-refractivity contribution in [2.75, 3.05) is 6.61 Å². The lowest BCUT2D eigenvalue weighted by atomic mass is 9.87. The third-order valence-electron chi connectivity index (χ3n) is 3.68. The molecule has 0 spiro atoms. The van der Waals surface area contributed by atoms with Crippen LogP contribution in [0, 0.1) is 5.41 Å². The molecule has 1 aliphatic rings. The number of carboxylic acid groups (broad SMARTS) is 1. The van der Waals surface area contributed by atoms with Gasteiger partial charge in [-0.3, -0.25) is 4.79 Å². The van der Waals surface area contributed by atoms with Crippen LogP contribution in [0.25, 0.3) is 0 Å². The highest BCUT2D eigenvalue weighted by Crippen LogP contribution is 2.24. The summed E-state index contributed by atoms with van der Waals surface area (Å²) in [6, 6.07) is 0. The SMILES string of the molecule is CC(C)(CCCCOC1CCCCC1)C(=O)O. The summed E-state index contributed by atoms with van der Waals surface area (Å²) >= 11 is 0. The Morgan fingerprint density at radius 2 is 1.88 bits per heavy atom. The van der Waals surface area contributed by atoms with E-state index in [0.717, 1.165) is 25.9 Å². The van der Waals surface area contributed by atoms with Crippen molar-refractivity contribution in [3.05, 3.63) is 0 Å². The van der Waals surface area contributed by atoms with Gasteiger partial charge in [-0.05, 0) is 39.5 Å². The highest BCUT2D eigenvalue weighted by molar-refractivity contribution is 5.73. The molecule has 3 nitrogen and oxygen atoms in total. The zero-order valence-corrected chi connectivity index (χ0v) is 11.2. The van der Waals surface area contributed by atoms with E-state index in [1.165, 1.54) is 32.1 Å². The number of hydrogen-bond donors (Lipinski definition) is 1. The van der Waals surface area contributed by atoms with E-state index in [9.17, 15) is 4.79 Å². The predicted molar refractivity (Wildman–Crippen MR) is 68.1 cm³/mol. The van der Waals surface area contributed by atoms with Gasteiger partial charge in [0.2, 0.25) is 0 Å². The molecule has 0 amide bonds. The summed E-state index contributed by atoms with van der Waals surface area (Å²) in [6.07, 6.45) is 9.49. The topological polar surface area (TPSA) is 46.5 Å². The lowest BCUT2D eigenvalue weighted by Gasteiger charge is -2.22. The van der Waals surface area contributed by atoms with Gasteiger partial charge in [0.1, 0.15) is 0 Å². The summed E-state index contributed by atoms with van der Waals surface area (Å²) < 4.78 is 5.81. The standard InChI is InChI=1S/C14H26O3/c1-14(2,13(15)16)10-6-7-11-17-12-8-4-3-5-9-12/h12H,3-11H2,1-2H3,(H,15,16). The first kappa shape index (κ1) is 14.5. The normalized spacial score (nSPS) is 18.2. The van der Waals surface area contributed by atoms with Gasteiger partial charge < -0.3 is 9.84 Å². The molecule has 0 aliphatic heterocycles. The van der Waals surface area contributed by atoms with Gasteiger partial charge in [-0.2, -0.15) is 0 Å². The van der Waals surface area contributed by atoms with E-state index in [4.69, 9.17) is 9.84 Å². The quantitative estimate of drug-likeness (QED) is 0.694. The van der Waals surface area contributed by atoms with E-state index in [1.807, 2.05) is 0 Å². The fraction of sp³-hybridized carbons (Fsp3) is 0.929. The zero-order valence-electron chi connectivity index (χ0n) is 11.2. The fourth-order valence-electron chi connectivity index (χ4n) is 2.26. The predicted octanol–water partition coefficient (Wildman–Crippen LogP) is 3.62. The Labute approximate surface area is 105 Å². The second-order valence-electron chi connectivity index (χ2n) is 5.78. The molecule has 1 saturated carbocycles. The van der Waals surface area contributed by atoms with Gasteiger partial charge in [0.05, 0.1) is 11.5 Å². The average Bonchev–Trinajstić information content (AvgIpc) is 2.29. The molecule has 100 valence electrons. The first-order valence-corrected chi connectivity index (χ1v) is 6.87. The maximum absolute atomic E-state index is 10.9. The molecule has 0 radical (unpaired) electrons. The average molecular weight is 242 g/mol. The summed E-state index contributed by atoms with van der Waals surface area (Å²) in [5.74, 6) is -0.703. The molecule has 0 atom stereocenters. The van der Waals surface area contributed by atoms with Crippen LogP contribution in [-0.2, 0) is 9.53 Å². The van der Waals surface area contributed by atoms with Crippen LogP contribution in [-0.4, -0.2) is 23.8 Å². The zero-order chi connectivity index (χ0) is 12.7. The van der Waals surface area contributed by atoms with Crippen molar-refractivity contribution in [1.82, 2.24) is 0 Å². The van der Waals surface area contributed by atoms with E-state index in [-0.39, 0.29) is 0 Å². The van der Waals surface area contributed by atoms with Gasteiger partial charge in [0, 0.05) is 6.61 Å². The van der Waals surface area contributed by atoms with Crippen LogP contribution in [0.2, 0.25) is 0 Å². The first-order chi connectivity index (χ1) is 8.02. The minimum absolute atomic E-state index is 0.469. The smallest absolute Gasteiger partial charge is 0.309 e. The summed E-state index contributed by atoms with van der Waals surface area (Å²) in [7, 11) is 0. The van der Waals surface area contributed by atoms with Crippen molar-refractivity contribution in [2.45, 2.75) is 71.3 Å². The highest BCUT2D eigenvalue weighted by Gasteiger charge is 2.26. The number of rotatable bonds is 7. The van der Waals surface area contributed by atoms with Crippen molar-refractivity contribution in [3.8, 4) is 0 Å². The molecule has 1 aliphatic carbocycles. The number of carbonyl (C=O) groups is 1. The molecule has 0 saturated heterocycles. The number of aliphatic carboxylic acids is 1. The van der Waals surface area contributed by atoms with Crippen LogP contribution in [0.5, 0.6) is 0 Å². The Hall–Kier alpha value is -0.570. The highest BCUT2D eigenvalue weighted by atomic mass is 16.5. The lowest BCUT2D eigenvalue weighted by Crippen LogP contribution is -2.23. The molecular weight excluding hydrogens is 216 g/mol. The second kappa shape index (κ2) is 7.00. The molecule has 1 N–H and O–H groups in total. The number of carboxylic acids is 1. The van der Waals surface area contributed by atoms with Gasteiger partial charge >= 0.3 is 5.97 Å². The Morgan fingerprint density at radius 1 is 1.24 bits per heavy atom. The molecule has 0 unspecified atom stereocenters. The van der Waals surface area contributed by atoms with E-state index < -0.39 is 11.4 Å². The maximum Gasteiger partial charge on any atom is 0.309 e. The van der Waals surface area contributed by atoms with Gasteiger partial charge in [0.25, 0.3) is 0 Å². The van der Waals surface area contributed by atoms with Crippen molar-refractivity contribution in [2.24, 2.45) is 5.41 Å². The largest absolute Gasteiger partial charge is 0.481 e. The third-order valence-corrected chi connectivity index (χ3v) is 3.68. The summed E-state index contributed by atoms with van der Waals surface area (Å²) in [4.78, 5) is 10.9. The lowest BCUT2D eigenvalue weighted by molar-refractivity contribution is -0.147. The molecule has 0 bridgehead atoms. The summed E-state index contributed by atoms with van der Waals surface area (Å²) in [6.45, 7) is 4.37. The van der Waals surface area contributed by atoms with E-state index >= 15 is 0 Å². The van der Waals surface area contributed by atoms with Crippen LogP contribution in [0.1, 0.15) is 65.2 Å². The van der Waals surface area contributed by atoms with Gasteiger partial charge in [-0.1, -0.05) is 25.7 Å². The molecule has 0 aromatic heterocycles. The van der Waals surface area contributed by atoms with Crippen molar-refractivity contribution in [3.63, 3.8) is 0 Å². The molecule has 3 heteroatoms. The second-order valence-corrected chi connectivity index (χ2v) is 5.78. The molecule has 0 heterocycles. The van der Waals surface area contributed by atoms with Crippen LogP contribution < -0.4 is 0 Å². The molecule has 1 fully saturated rings. The Bertz CT molecular complexity index is 230. The molecular formula is C14H26O3. The Balaban J connectivity index is 2.02. The first-order valence-electron chi connectivity index (χ1n) is 6.87. The monoisotopic (exact) mass is 242 g/mol. The Kier molecular flexibility index (Phi) is 5.96. The van der Waals surface area contributed by atoms with Crippen molar-refractivity contribution in [1.29, 1.82) is 0 Å². The van der Waals surface area contributed by atoms with Crippen LogP contribution >= 0.6 is 0 Å². The fourth-order valence-corrected chi connectivity index (χ4v) is 2.26. The van der Waals surface area contributed by atoms with Crippen LogP contribution in [0.15, 0.2) is 0 Å². The Morgan fingerprint density at radius 3 is 2.47 bits per heavy atom. The molecule has 17 heavy (non-hydrogen) atoms. The number of hydrogen-bond acceptors (Lipinski definition) is 2.